The van der Waals surface area contributed by atoms with E-state index >= 15 is 0 Å². The van der Waals surface area contributed by atoms with E-state index in [0.29, 0.717) is 23.1 Å². The number of fused-ring (bicyclic) bond motifs is 1. The Balaban J connectivity index is 1.25. The zero-order chi connectivity index (χ0) is 20.7. The van der Waals surface area contributed by atoms with Crippen LogP contribution in [0, 0.1) is 5.92 Å². The summed E-state index contributed by atoms with van der Waals surface area (Å²) in [6.07, 6.45) is 1.02. The molecule has 2 bridgehead atoms. The first-order valence-corrected chi connectivity index (χ1v) is 10.9. The minimum absolute atomic E-state index is 0.0782. The number of carbonyl (C=O) groups excluding carboxylic acids is 2. The molecule has 1 aromatic heterocycles. The molecule has 3 aromatic rings. The van der Waals surface area contributed by atoms with E-state index in [1.165, 1.54) is 22.3 Å². The molecule has 0 radical (unpaired) electrons. The van der Waals surface area contributed by atoms with Crippen LogP contribution in [0.2, 0.25) is 0 Å². The molecule has 3 aliphatic rings. The number of hydrogen-bond acceptors (Lipinski definition) is 3. The Bertz CT molecular complexity index is 1080. The molecule has 3 aliphatic carbocycles. The van der Waals surface area contributed by atoms with Gasteiger partial charge in [-0.1, -0.05) is 48.5 Å². The molecule has 152 valence electrons. The molecular formula is C24H21BrN2O3. The van der Waals surface area contributed by atoms with Crippen molar-refractivity contribution in [1.29, 1.82) is 0 Å². The maximum atomic E-state index is 12.4. The first kappa shape index (κ1) is 19.1. The third-order valence-corrected chi connectivity index (χ3v) is 6.62. The molecule has 0 fully saturated rings. The number of hydrogen-bond donors (Lipinski definition) is 2. The molecule has 1 heterocycles. The lowest BCUT2D eigenvalue weighted by Gasteiger charge is -2.45. The highest BCUT2D eigenvalue weighted by Crippen LogP contribution is 2.55. The van der Waals surface area contributed by atoms with Crippen LogP contribution in [-0.4, -0.2) is 24.9 Å². The summed E-state index contributed by atoms with van der Waals surface area (Å²) in [5, 5.41) is 5.62. The fraction of sp³-hybridized carbons (Fsp3) is 0.250. The number of halogens is 1. The van der Waals surface area contributed by atoms with Crippen molar-refractivity contribution >= 4 is 27.7 Å². The van der Waals surface area contributed by atoms with Crippen molar-refractivity contribution in [3.8, 4) is 0 Å². The minimum atomic E-state index is -0.407. The Morgan fingerprint density at radius 3 is 2.13 bits per heavy atom. The molecule has 2 amide bonds. The van der Waals surface area contributed by atoms with Crippen LogP contribution in [-0.2, 0) is 4.79 Å². The fourth-order valence-electron chi connectivity index (χ4n) is 4.95. The summed E-state index contributed by atoms with van der Waals surface area (Å²) in [4.78, 5) is 24.4. The first-order valence-electron chi connectivity index (χ1n) is 10.1. The Morgan fingerprint density at radius 2 is 1.53 bits per heavy atom. The van der Waals surface area contributed by atoms with E-state index in [9.17, 15) is 9.59 Å². The van der Waals surface area contributed by atoms with Gasteiger partial charge >= 0.3 is 0 Å². The highest BCUT2D eigenvalue weighted by molar-refractivity contribution is 9.10. The molecule has 2 aromatic carbocycles. The van der Waals surface area contributed by atoms with Gasteiger partial charge in [0, 0.05) is 18.4 Å². The van der Waals surface area contributed by atoms with E-state index in [0.717, 1.165) is 6.42 Å². The van der Waals surface area contributed by atoms with Gasteiger partial charge in [0.1, 0.15) is 0 Å². The average Bonchev–Trinajstić information content (AvgIpc) is 3.22. The van der Waals surface area contributed by atoms with Crippen molar-refractivity contribution in [2.45, 2.75) is 18.3 Å². The van der Waals surface area contributed by atoms with Crippen molar-refractivity contribution in [3.05, 3.63) is 93.3 Å². The zero-order valence-corrected chi connectivity index (χ0v) is 17.8. The smallest absolute Gasteiger partial charge is 0.287 e. The van der Waals surface area contributed by atoms with Gasteiger partial charge in [-0.3, -0.25) is 9.59 Å². The first-order chi connectivity index (χ1) is 14.6. The average molecular weight is 465 g/mol. The monoisotopic (exact) mass is 464 g/mol. The van der Waals surface area contributed by atoms with Gasteiger partial charge in [0.15, 0.2) is 10.4 Å². The second-order valence-corrected chi connectivity index (χ2v) is 8.66. The van der Waals surface area contributed by atoms with Gasteiger partial charge in [-0.05, 0) is 62.7 Å². The molecule has 1 atom stereocenters. The number of carbonyl (C=O) groups is 2. The molecule has 0 saturated heterocycles. The minimum Gasteiger partial charge on any atom is -0.444 e. The number of amides is 2. The summed E-state index contributed by atoms with van der Waals surface area (Å²) in [6, 6.07) is 20.5. The van der Waals surface area contributed by atoms with Crippen LogP contribution in [0.4, 0.5) is 0 Å². The van der Waals surface area contributed by atoms with Crippen LogP contribution in [0.3, 0.4) is 0 Å². The highest BCUT2D eigenvalue weighted by atomic mass is 79.9. The summed E-state index contributed by atoms with van der Waals surface area (Å²) >= 11 is 3.16. The summed E-state index contributed by atoms with van der Waals surface area (Å²) < 4.78 is 5.68. The molecule has 0 saturated carbocycles. The van der Waals surface area contributed by atoms with Crippen LogP contribution in [0.25, 0.3) is 0 Å². The summed E-state index contributed by atoms with van der Waals surface area (Å²) in [6.45, 7) is 0.510. The van der Waals surface area contributed by atoms with E-state index in [-0.39, 0.29) is 24.1 Å². The van der Waals surface area contributed by atoms with E-state index < -0.39 is 5.91 Å². The van der Waals surface area contributed by atoms with Crippen molar-refractivity contribution in [3.63, 3.8) is 0 Å². The van der Waals surface area contributed by atoms with E-state index in [4.69, 9.17) is 4.42 Å². The quantitative estimate of drug-likeness (QED) is 0.594. The topological polar surface area (TPSA) is 71.3 Å². The molecule has 0 spiro atoms. The fourth-order valence-corrected chi connectivity index (χ4v) is 5.26. The van der Waals surface area contributed by atoms with Gasteiger partial charge in [0.2, 0.25) is 5.91 Å². The number of benzene rings is 2. The Labute approximate surface area is 183 Å². The van der Waals surface area contributed by atoms with Gasteiger partial charge in [0.25, 0.3) is 5.91 Å². The lowest BCUT2D eigenvalue weighted by Crippen LogP contribution is -2.42. The van der Waals surface area contributed by atoms with Gasteiger partial charge in [-0.2, -0.15) is 0 Å². The lowest BCUT2D eigenvalue weighted by atomic mass is 9.59. The van der Waals surface area contributed by atoms with Crippen LogP contribution < -0.4 is 10.6 Å². The number of rotatable bonds is 5. The van der Waals surface area contributed by atoms with Gasteiger partial charge in [-0.15, -0.1) is 0 Å². The van der Waals surface area contributed by atoms with Crippen LogP contribution >= 0.6 is 15.9 Å². The third kappa shape index (κ3) is 3.35. The third-order valence-electron chi connectivity index (χ3n) is 6.19. The Hall–Kier alpha value is -2.86. The summed E-state index contributed by atoms with van der Waals surface area (Å²) in [5.41, 5.74) is 5.59. The van der Waals surface area contributed by atoms with Crippen LogP contribution in [0.1, 0.15) is 51.1 Å². The van der Waals surface area contributed by atoms with Crippen molar-refractivity contribution < 1.29 is 14.0 Å². The molecule has 1 unspecified atom stereocenters. The predicted molar refractivity (Wildman–Crippen MR) is 116 cm³/mol. The zero-order valence-electron chi connectivity index (χ0n) is 16.2. The standard InChI is InChI=1S/C24H21BrN2O3/c25-21-10-9-20(30-21)24(29)27-13-22(28)26-12-14-11-19-15-5-1-3-7-17(15)23(14)18-8-4-2-6-16(18)19/h1-10,14,19,23H,11-13H2,(H,26,28)(H,27,29). The summed E-state index contributed by atoms with van der Waals surface area (Å²) in [5.74, 6) is 0.569. The second-order valence-electron chi connectivity index (χ2n) is 7.87. The van der Waals surface area contributed by atoms with E-state index in [1.807, 2.05) is 0 Å². The lowest BCUT2D eigenvalue weighted by molar-refractivity contribution is -0.120. The van der Waals surface area contributed by atoms with E-state index in [2.05, 4.69) is 75.1 Å². The highest BCUT2D eigenvalue weighted by Gasteiger charge is 2.42. The van der Waals surface area contributed by atoms with Crippen molar-refractivity contribution in [2.75, 3.05) is 13.1 Å². The maximum Gasteiger partial charge on any atom is 0.287 e. The largest absolute Gasteiger partial charge is 0.444 e. The van der Waals surface area contributed by atoms with Gasteiger partial charge in [-0.25, -0.2) is 0 Å². The number of furan rings is 1. The Kier molecular flexibility index (Phi) is 4.95. The molecule has 5 nitrogen and oxygen atoms in total. The molecular weight excluding hydrogens is 444 g/mol. The second kappa shape index (κ2) is 7.76. The van der Waals surface area contributed by atoms with Crippen LogP contribution in [0.5, 0.6) is 0 Å². The molecule has 6 heteroatoms. The van der Waals surface area contributed by atoms with Crippen LogP contribution in [0.15, 0.2) is 69.8 Å². The van der Waals surface area contributed by atoms with Gasteiger partial charge < -0.3 is 15.1 Å². The predicted octanol–water partition coefficient (Wildman–Crippen LogP) is 4.19. The maximum absolute atomic E-state index is 12.4. The van der Waals surface area contributed by atoms with Crippen molar-refractivity contribution in [1.82, 2.24) is 10.6 Å². The molecule has 6 rings (SSSR count). The molecule has 0 aliphatic heterocycles. The normalized spacial score (nSPS) is 20.9. The van der Waals surface area contributed by atoms with E-state index in [1.54, 1.807) is 12.1 Å². The SMILES string of the molecule is O=C(CNC(=O)c1ccc(Br)o1)NCC1CC2c3ccccc3C1c1ccccc12. The molecule has 2 N–H and O–H groups in total. The summed E-state index contributed by atoms with van der Waals surface area (Å²) in [7, 11) is 0. The van der Waals surface area contributed by atoms with Gasteiger partial charge in [0.05, 0.1) is 6.54 Å². The van der Waals surface area contributed by atoms with Crippen molar-refractivity contribution in [2.24, 2.45) is 5.92 Å². The number of nitrogens with one attached hydrogen (secondary N) is 2. The molecule has 30 heavy (non-hydrogen) atoms. The Morgan fingerprint density at radius 1 is 0.900 bits per heavy atom.